The minimum absolute atomic E-state index is 0.293. The van der Waals surface area contributed by atoms with Gasteiger partial charge in [0.05, 0.1) is 18.2 Å². The molecule has 0 bridgehead atoms. The zero-order valence-electron chi connectivity index (χ0n) is 15.5. The highest BCUT2D eigenvalue weighted by atomic mass is 79.9. The van der Waals surface area contributed by atoms with Crippen molar-refractivity contribution in [3.05, 3.63) is 67.3 Å². The van der Waals surface area contributed by atoms with Crippen molar-refractivity contribution in [2.24, 2.45) is 10.9 Å². The first-order chi connectivity index (χ1) is 13.5. The van der Waals surface area contributed by atoms with Crippen LogP contribution in [0.25, 0.3) is 0 Å². The van der Waals surface area contributed by atoms with Crippen molar-refractivity contribution in [3.8, 4) is 6.07 Å². The fraction of sp³-hybridized carbons (Fsp3) is 0.286. The van der Waals surface area contributed by atoms with Crippen LogP contribution in [0.1, 0.15) is 30.2 Å². The summed E-state index contributed by atoms with van der Waals surface area (Å²) in [7, 11) is 0. The molecular weight excluding hydrogens is 456 g/mol. The van der Waals surface area contributed by atoms with Crippen LogP contribution in [0.15, 0.2) is 61.8 Å². The number of rotatable bonds is 6. The standard InChI is InChI=1S/C21H19BrN2O2S2/c1-3-26-21(25)18-13(2)24-20(28-12-16-5-4-10-27-16)17(11-23)19(18)14-6-8-15(22)9-7-14/h4-10,18-19H,3,12H2,1-2H3/t18?,19-/m1/s1. The number of esters is 1. The number of ether oxygens (including phenoxy) is 1. The van der Waals surface area contributed by atoms with Gasteiger partial charge in [-0.05, 0) is 43.0 Å². The van der Waals surface area contributed by atoms with E-state index in [1.807, 2.05) is 42.6 Å². The molecule has 7 heteroatoms. The number of thiophene rings is 1. The van der Waals surface area contributed by atoms with E-state index < -0.39 is 11.8 Å². The van der Waals surface area contributed by atoms with Crippen LogP contribution in [0, 0.1) is 17.2 Å². The van der Waals surface area contributed by atoms with Crippen molar-refractivity contribution < 1.29 is 9.53 Å². The van der Waals surface area contributed by atoms with Crippen LogP contribution in [0.2, 0.25) is 0 Å². The van der Waals surface area contributed by atoms with Gasteiger partial charge in [0.1, 0.15) is 10.9 Å². The monoisotopic (exact) mass is 474 g/mol. The third-order valence-corrected chi connectivity index (χ3v) is 7.05. The van der Waals surface area contributed by atoms with E-state index in [4.69, 9.17) is 4.74 Å². The Balaban J connectivity index is 2.03. The maximum absolute atomic E-state index is 12.7. The molecule has 144 valence electrons. The fourth-order valence-electron chi connectivity index (χ4n) is 3.16. The molecule has 2 heterocycles. The van der Waals surface area contributed by atoms with Crippen molar-refractivity contribution in [3.63, 3.8) is 0 Å². The van der Waals surface area contributed by atoms with E-state index in [0.29, 0.717) is 22.9 Å². The predicted molar refractivity (Wildman–Crippen MR) is 118 cm³/mol. The van der Waals surface area contributed by atoms with Gasteiger partial charge in [0.2, 0.25) is 0 Å². The zero-order valence-corrected chi connectivity index (χ0v) is 18.7. The Morgan fingerprint density at radius 1 is 1.36 bits per heavy atom. The Kier molecular flexibility index (Phi) is 7.11. The molecule has 0 aliphatic carbocycles. The summed E-state index contributed by atoms with van der Waals surface area (Å²) in [6.45, 7) is 3.92. The smallest absolute Gasteiger partial charge is 0.315 e. The number of hydrogen-bond acceptors (Lipinski definition) is 6. The number of aliphatic imine (C=N–C) groups is 1. The van der Waals surface area contributed by atoms with Crippen LogP contribution in [0.4, 0.5) is 0 Å². The van der Waals surface area contributed by atoms with Crippen LogP contribution >= 0.6 is 39.0 Å². The minimum atomic E-state index is -0.595. The van der Waals surface area contributed by atoms with Crippen molar-refractivity contribution in [2.45, 2.75) is 25.5 Å². The topological polar surface area (TPSA) is 62.4 Å². The van der Waals surface area contributed by atoms with Gasteiger partial charge in [-0.3, -0.25) is 4.79 Å². The van der Waals surface area contributed by atoms with Gasteiger partial charge in [0.15, 0.2) is 0 Å². The third kappa shape index (κ3) is 4.57. The summed E-state index contributed by atoms with van der Waals surface area (Å²) in [5.41, 5.74) is 2.10. The van der Waals surface area contributed by atoms with Crippen LogP contribution in [0.3, 0.4) is 0 Å². The van der Waals surface area contributed by atoms with Crippen molar-refractivity contribution in [1.29, 1.82) is 5.26 Å². The van der Waals surface area contributed by atoms with Gasteiger partial charge in [0.25, 0.3) is 0 Å². The summed E-state index contributed by atoms with van der Waals surface area (Å²) in [4.78, 5) is 18.6. The lowest BCUT2D eigenvalue weighted by Crippen LogP contribution is -2.34. The van der Waals surface area contributed by atoms with E-state index in [1.54, 1.807) is 18.3 Å². The molecule has 3 rings (SSSR count). The van der Waals surface area contributed by atoms with Crippen LogP contribution in [-0.2, 0) is 15.3 Å². The Labute approximate surface area is 181 Å². The first-order valence-electron chi connectivity index (χ1n) is 8.81. The van der Waals surface area contributed by atoms with Crippen molar-refractivity contribution in [1.82, 2.24) is 0 Å². The molecule has 0 radical (unpaired) electrons. The average Bonchev–Trinajstić information content (AvgIpc) is 3.20. The molecule has 4 nitrogen and oxygen atoms in total. The molecule has 0 saturated heterocycles. The molecule has 1 aliphatic heterocycles. The molecule has 0 spiro atoms. The lowest BCUT2D eigenvalue weighted by molar-refractivity contribution is -0.146. The summed E-state index contributed by atoms with van der Waals surface area (Å²) in [6, 6.07) is 14.1. The summed E-state index contributed by atoms with van der Waals surface area (Å²) in [5.74, 6) is -0.597. The molecule has 1 unspecified atom stereocenters. The number of hydrogen-bond donors (Lipinski definition) is 0. The highest BCUT2D eigenvalue weighted by molar-refractivity contribution is 9.10. The number of allylic oxidation sites excluding steroid dienone is 1. The van der Waals surface area contributed by atoms with Gasteiger partial charge >= 0.3 is 5.97 Å². The second-order valence-electron chi connectivity index (χ2n) is 6.21. The van der Waals surface area contributed by atoms with E-state index in [1.165, 1.54) is 16.6 Å². The molecule has 1 aromatic carbocycles. The zero-order chi connectivity index (χ0) is 20.1. The Hall–Kier alpha value is -1.88. The molecule has 1 aromatic heterocycles. The van der Waals surface area contributed by atoms with E-state index in [2.05, 4.69) is 33.1 Å². The number of carbonyl (C=O) groups excluding carboxylic acids is 1. The number of carbonyl (C=O) groups is 1. The van der Waals surface area contributed by atoms with Crippen LogP contribution in [-0.4, -0.2) is 18.3 Å². The van der Waals surface area contributed by atoms with Crippen molar-refractivity contribution in [2.75, 3.05) is 6.61 Å². The Bertz CT molecular complexity index is 944. The number of halogens is 1. The summed E-state index contributed by atoms with van der Waals surface area (Å²) < 4.78 is 6.25. The van der Waals surface area contributed by atoms with Crippen molar-refractivity contribution >= 4 is 50.7 Å². The Morgan fingerprint density at radius 2 is 2.11 bits per heavy atom. The first-order valence-corrected chi connectivity index (χ1v) is 11.5. The normalized spacial score (nSPS) is 19.1. The molecular formula is C21H19BrN2O2S2. The number of nitriles is 1. The Morgan fingerprint density at radius 3 is 2.71 bits per heavy atom. The lowest BCUT2D eigenvalue weighted by atomic mass is 9.77. The molecule has 0 saturated carbocycles. The largest absolute Gasteiger partial charge is 0.465 e. The summed E-state index contributed by atoms with van der Waals surface area (Å²) >= 11 is 6.66. The predicted octanol–water partition coefficient (Wildman–Crippen LogP) is 5.92. The van der Waals surface area contributed by atoms with Gasteiger partial charge in [-0.15, -0.1) is 11.3 Å². The summed E-state index contributed by atoms with van der Waals surface area (Å²) in [5, 5.41) is 12.7. The second-order valence-corrected chi connectivity index (χ2v) is 9.12. The van der Waals surface area contributed by atoms with Gasteiger partial charge in [0, 0.05) is 26.7 Å². The first kappa shape index (κ1) is 20.8. The van der Waals surface area contributed by atoms with Crippen LogP contribution in [0.5, 0.6) is 0 Å². The van der Waals surface area contributed by atoms with E-state index in [0.717, 1.165) is 15.8 Å². The van der Waals surface area contributed by atoms with E-state index >= 15 is 0 Å². The maximum Gasteiger partial charge on any atom is 0.315 e. The molecule has 2 atom stereocenters. The number of nitrogens with zero attached hydrogens (tertiary/aromatic N) is 2. The molecule has 28 heavy (non-hydrogen) atoms. The number of benzene rings is 1. The minimum Gasteiger partial charge on any atom is -0.465 e. The average molecular weight is 475 g/mol. The quantitative estimate of drug-likeness (QED) is 0.487. The molecule has 2 aromatic rings. The lowest BCUT2D eigenvalue weighted by Gasteiger charge is -2.30. The summed E-state index contributed by atoms with van der Waals surface area (Å²) in [6.07, 6.45) is 0. The van der Waals surface area contributed by atoms with Crippen LogP contribution < -0.4 is 0 Å². The third-order valence-electron chi connectivity index (χ3n) is 4.42. The van der Waals surface area contributed by atoms with Gasteiger partial charge in [-0.2, -0.15) is 5.26 Å². The van der Waals surface area contributed by atoms with Gasteiger partial charge < -0.3 is 4.74 Å². The number of thioether (sulfide) groups is 1. The molecule has 0 fully saturated rings. The SMILES string of the molecule is CCOC(=O)C1C(C)=NC(SCc2cccs2)=C(C#N)[C@H]1c1ccc(Br)cc1. The molecule has 0 amide bonds. The highest BCUT2D eigenvalue weighted by Gasteiger charge is 2.40. The highest BCUT2D eigenvalue weighted by Crippen LogP contribution is 2.43. The van der Waals surface area contributed by atoms with Gasteiger partial charge in [-0.1, -0.05) is 45.9 Å². The van der Waals surface area contributed by atoms with E-state index in [9.17, 15) is 10.1 Å². The van der Waals surface area contributed by atoms with E-state index in [-0.39, 0.29) is 5.97 Å². The second kappa shape index (κ2) is 9.55. The van der Waals surface area contributed by atoms with Gasteiger partial charge in [-0.25, -0.2) is 4.99 Å². The fourth-order valence-corrected chi connectivity index (χ4v) is 5.27. The molecule has 0 N–H and O–H groups in total. The molecule has 1 aliphatic rings. The maximum atomic E-state index is 12.7.